The number of carbonyl (C=O) groups excluding carboxylic acids is 1. The molecule has 1 atom stereocenters. The van der Waals surface area contributed by atoms with Gasteiger partial charge in [0.25, 0.3) is 0 Å². The highest BCUT2D eigenvalue weighted by Crippen LogP contribution is 2.37. The molecule has 0 saturated heterocycles. The fourth-order valence-corrected chi connectivity index (χ4v) is 1.40. The highest BCUT2D eigenvalue weighted by atomic mass is 79.9. The zero-order valence-electron chi connectivity index (χ0n) is 8.03. The molecule has 4 nitrogen and oxygen atoms in total. The summed E-state index contributed by atoms with van der Waals surface area (Å²) in [7, 11) is 0. The molecule has 2 rings (SSSR count). The molecule has 1 aliphatic rings. The Kier molecular flexibility index (Phi) is 2.81. The highest BCUT2D eigenvalue weighted by Gasteiger charge is 2.20. The molecular weight excluding hydrogens is 264 g/mol. The Morgan fingerprint density at radius 1 is 1.47 bits per heavy atom. The van der Waals surface area contributed by atoms with Gasteiger partial charge in [0.1, 0.15) is 11.1 Å². The zero-order chi connectivity index (χ0) is 10.8. The molecule has 15 heavy (non-hydrogen) atoms. The molecular formula is C10H9BrO4. The van der Waals surface area contributed by atoms with Crippen LogP contribution in [-0.4, -0.2) is 17.6 Å². The summed E-state index contributed by atoms with van der Waals surface area (Å²) in [6.45, 7) is 1.80. The molecule has 0 fully saturated rings. The third-order valence-electron chi connectivity index (χ3n) is 1.84. The first-order valence-corrected chi connectivity index (χ1v) is 5.55. The quantitative estimate of drug-likeness (QED) is 0.470. The molecule has 80 valence electrons. The Labute approximate surface area is 95.3 Å². The van der Waals surface area contributed by atoms with Gasteiger partial charge in [-0.15, -0.1) is 0 Å². The van der Waals surface area contributed by atoms with E-state index < -0.39 is 0 Å². The van der Waals surface area contributed by atoms with Crippen LogP contribution in [0.5, 0.6) is 17.2 Å². The summed E-state index contributed by atoms with van der Waals surface area (Å²) in [5, 5.41) is 0.165. The molecule has 1 aromatic rings. The number of hydrogen-bond acceptors (Lipinski definition) is 4. The smallest absolute Gasteiger partial charge is 0.321 e. The lowest BCUT2D eigenvalue weighted by Gasteiger charge is -2.02. The molecule has 0 bridgehead atoms. The van der Waals surface area contributed by atoms with Crippen molar-refractivity contribution < 1.29 is 19.0 Å². The van der Waals surface area contributed by atoms with Crippen molar-refractivity contribution in [2.45, 2.75) is 13.2 Å². The number of alkyl halides is 1. The molecule has 0 aliphatic carbocycles. The first-order chi connectivity index (χ1) is 7.19. The third kappa shape index (κ3) is 2.23. The van der Waals surface area contributed by atoms with Crippen LogP contribution in [0, 0.1) is 0 Å². The average molecular weight is 273 g/mol. The minimum atomic E-state index is -0.345. The van der Waals surface area contributed by atoms with Gasteiger partial charge in [0.15, 0.2) is 11.5 Å². The minimum absolute atomic E-state index is 0.165. The number of rotatable bonds is 2. The van der Waals surface area contributed by atoms with Gasteiger partial charge in [0.2, 0.25) is 6.29 Å². The molecule has 1 unspecified atom stereocenters. The van der Waals surface area contributed by atoms with Gasteiger partial charge in [-0.1, -0.05) is 15.9 Å². The molecule has 0 spiro atoms. The second-order valence-corrected chi connectivity index (χ2v) is 3.58. The van der Waals surface area contributed by atoms with E-state index in [0.717, 1.165) is 0 Å². The van der Waals surface area contributed by atoms with Crippen LogP contribution >= 0.6 is 15.9 Å². The molecule has 0 N–H and O–H groups in total. The summed E-state index contributed by atoms with van der Waals surface area (Å²) in [5.41, 5.74) is 0. The summed E-state index contributed by atoms with van der Waals surface area (Å²) in [4.78, 5) is 11.0. The number of hydrogen-bond donors (Lipinski definition) is 0. The standard InChI is InChI=1S/C10H9BrO4/c1-6-13-8-3-2-7(4-9(8)14-6)15-10(12)5-11/h2-4,6H,5H2,1H3. The van der Waals surface area contributed by atoms with Crippen LogP contribution in [0.15, 0.2) is 18.2 Å². The lowest BCUT2D eigenvalue weighted by molar-refractivity contribution is -0.131. The average Bonchev–Trinajstić information content (AvgIpc) is 2.57. The Morgan fingerprint density at radius 3 is 2.93 bits per heavy atom. The Hall–Kier alpha value is -1.23. The number of halogens is 1. The summed E-state index contributed by atoms with van der Waals surface area (Å²) >= 11 is 3.01. The normalized spacial score (nSPS) is 17.6. The van der Waals surface area contributed by atoms with E-state index in [2.05, 4.69) is 15.9 Å². The molecule has 0 saturated carbocycles. The van der Waals surface area contributed by atoms with Crippen molar-refractivity contribution in [3.05, 3.63) is 18.2 Å². The van der Waals surface area contributed by atoms with E-state index >= 15 is 0 Å². The van der Waals surface area contributed by atoms with Crippen LogP contribution in [-0.2, 0) is 4.79 Å². The van der Waals surface area contributed by atoms with Gasteiger partial charge in [-0.25, -0.2) is 0 Å². The Morgan fingerprint density at radius 2 is 2.20 bits per heavy atom. The summed E-state index contributed by atoms with van der Waals surface area (Å²) in [6.07, 6.45) is -0.290. The van der Waals surface area contributed by atoms with E-state index in [-0.39, 0.29) is 17.6 Å². The lowest BCUT2D eigenvalue weighted by atomic mass is 10.3. The zero-order valence-corrected chi connectivity index (χ0v) is 9.61. The maximum atomic E-state index is 11.0. The van der Waals surface area contributed by atoms with Crippen LogP contribution in [0.25, 0.3) is 0 Å². The number of benzene rings is 1. The Bertz CT molecular complexity index is 391. The van der Waals surface area contributed by atoms with Crippen molar-refractivity contribution >= 4 is 21.9 Å². The van der Waals surface area contributed by atoms with E-state index in [9.17, 15) is 4.79 Å². The van der Waals surface area contributed by atoms with E-state index in [0.29, 0.717) is 17.2 Å². The number of esters is 1. The van der Waals surface area contributed by atoms with E-state index in [1.165, 1.54) is 0 Å². The first-order valence-electron chi connectivity index (χ1n) is 4.43. The van der Waals surface area contributed by atoms with Crippen molar-refractivity contribution in [2.75, 3.05) is 5.33 Å². The number of ether oxygens (including phenoxy) is 3. The van der Waals surface area contributed by atoms with Gasteiger partial charge in [0.05, 0.1) is 0 Å². The van der Waals surface area contributed by atoms with Gasteiger partial charge in [-0.05, 0) is 12.1 Å². The van der Waals surface area contributed by atoms with Gasteiger partial charge in [0, 0.05) is 13.0 Å². The maximum Gasteiger partial charge on any atom is 0.321 e. The lowest BCUT2D eigenvalue weighted by Crippen LogP contribution is -2.11. The van der Waals surface area contributed by atoms with Crippen molar-refractivity contribution in [1.29, 1.82) is 0 Å². The predicted molar refractivity (Wildman–Crippen MR) is 56.6 cm³/mol. The third-order valence-corrected chi connectivity index (χ3v) is 2.30. The van der Waals surface area contributed by atoms with E-state index in [1.807, 2.05) is 0 Å². The van der Waals surface area contributed by atoms with Crippen molar-refractivity contribution in [3.8, 4) is 17.2 Å². The second kappa shape index (κ2) is 4.10. The van der Waals surface area contributed by atoms with Crippen molar-refractivity contribution in [3.63, 3.8) is 0 Å². The fraction of sp³-hybridized carbons (Fsp3) is 0.300. The molecule has 0 radical (unpaired) electrons. The van der Waals surface area contributed by atoms with E-state index in [4.69, 9.17) is 14.2 Å². The van der Waals surface area contributed by atoms with Crippen molar-refractivity contribution in [2.24, 2.45) is 0 Å². The summed E-state index contributed by atoms with van der Waals surface area (Å²) in [6, 6.07) is 5.02. The van der Waals surface area contributed by atoms with Gasteiger partial charge < -0.3 is 14.2 Å². The van der Waals surface area contributed by atoms with Gasteiger partial charge in [-0.3, -0.25) is 4.79 Å². The fourth-order valence-electron chi connectivity index (χ4n) is 1.28. The molecule has 0 aromatic heterocycles. The molecule has 1 heterocycles. The molecule has 1 aromatic carbocycles. The number of fused-ring (bicyclic) bond motifs is 1. The largest absolute Gasteiger partial charge is 0.451 e. The number of carbonyl (C=O) groups is 1. The van der Waals surface area contributed by atoms with Crippen LogP contribution in [0.4, 0.5) is 0 Å². The summed E-state index contributed by atoms with van der Waals surface area (Å²) < 4.78 is 15.7. The monoisotopic (exact) mass is 272 g/mol. The topological polar surface area (TPSA) is 44.8 Å². The Balaban J connectivity index is 2.16. The SMILES string of the molecule is CC1Oc2ccc(OC(=O)CBr)cc2O1. The van der Waals surface area contributed by atoms with E-state index in [1.54, 1.807) is 25.1 Å². The van der Waals surface area contributed by atoms with Crippen LogP contribution in [0.2, 0.25) is 0 Å². The summed E-state index contributed by atoms with van der Waals surface area (Å²) in [5.74, 6) is 1.38. The molecule has 1 aliphatic heterocycles. The van der Waals surface area contributed by atoms with Crippen molar-refractivity contribution in [1.82, 2.24) is 0 Å². The minimum Gasteiger partial charge on any atom is -0.451 e. The van der Waals surface area contributed by atoms with Crippen LogP contribution in [0.3, 0.4) is 0 Å². The van der Waals surface area contributed by atoms with Crippen LogP contribution < -0.4 is 14.2 Å². The first kappa shape index (κ1) is 10.3. The molecule has 5 heteroatoms. The van der Waals surface area contributed by atoms with Crippen LogP contribution in [0.1, 0.15) is 6.92 Å². The molecule has 0 amide bonds. The van der Waals surface area contributed by atoms with Gasteiger partial charge in [-0.2, -0.15) is 0 Å². The maximum absolute atomic E-state index is 11.0. The predicted octanol–water partition coefficient (Wildman–Crippen LogP) is 2.10. The highest BCUT2D eigenvalue weighted by molar-refractivity contribution is 9.09. The van der Waals surface area contributed by atoms with Gasteiger partial charge >= 0.3 is 5.97 Å². The second-order valence-electron chi connectivity index (χ2n) is 3.02.